The molecule has 0 N–H and O–H groups in total. The second kappa shape index (κ2) is 5.40. The number of rotatable bonds is 3. The van der Waals surface area contributed by atoms with Crippen molar-refractivity contribution in [1.82, 2.24) is 0 Å². The quantitative estimate of drug-likeness (QED) is 0.616. The molecule has 0 fully saturated rings. The van der Waals surface area contributed by atoms with Crippen LogP contribution in [0.15, 0.2) is 28.8 Å². The zero-order valence-electron chi connectivity index (χ0n) is 7.76. The summed E-state index contributed by atoms with van der Waals surface area (Å²) in [4.78, 5) is 11.0. The molecule has 0 aromatic heterocycles. The van der Waals surface area contributed by atoms with Crippen molar-refractivity contribution in [2.45, 2.75) is 0 Å². The van der Waals surface area contributed by atoms with Gasteiger partial charge in [-0.2, -0.15) is 0 Å². The van der Waals surface area contributed by atoms with Crippen molar-refractivity contribution in [3.63, 3.8) is 0 Å². The van der Waals surface area contributed by atoms with Crippen LogP contribution in [-0.2, 0) is 4.79 Å². The molecule has 0 aliphatic rings. The highest BCUT2D eigenvalue weighted by Crippen LogP contribution is 2.27. The van der Waals surface area contributed by atoms with E-state index in [1.165, 1.54) is 0 Å². The third-order valence-electron chi connectivity index (χ3n) is 1.76. The van der Waals surface area contributed by atoms with E-state index < -0.39 is 5.24 Å². The van der Waals surface area contributed by atoms with Crippen molar-refractivity contribution in [3.8, 4) is 5.75 Å². The molecule has 1 rings (SSSR count). The Hall–Kier alpha value is -0.700. The second-order valence-electron chi connectivity index (χ2n) is 2.64. The Morgan fingerprint density at radius 1 is 1.13 bits per heavy atom. The summed E-state index contributed by atoms with van der Waals surface area (Å²) >= 11 is 16.5. The highest BCUT2D eigenvalue weighted by molar-refractivity contribution is 6.78. The van der Waals surface area contributed by atoms with Crippen molar-refractivity contribution in [3.05, 3.63) is 34.3 Å². The number of halogens is 3. The van der Waals surface area contributed by atoms with E-state index in [-0.39, 0.29) is 10.1 Å². The summed E-state index contributed by atoms with van der Waals surface area (Å²) in [5, 5.41) is -0.694. The van der Waals surface area contributed by atoms with Crippen LogP contribution in [0.1, 0.15) is 5.56 Å². The van der Waals surface area contributed by atoms with Crippen LogP contribution in [0.3, 0.4) is 0 Å². The van der Waals surface area contributed by atoms with E-state index in [0.29, 0.717) is 11.3 Å². The molecule has 0 atom stereocenters. The number of carbonyl (C=O) groups excluding carboxylic acids is 1. The third kappa shape index (κ3) is 3.13. The number of hydrogen-bond donors (Lipinski definition) is 0. The largest absolute Gasteiger partial charge is 0.497 e. The van der Waals surface area contributed by atoms with E-state index >= 15 is 0 Å². The molecule has 0 heterocycles. The Morgan fingerprint density at radius 3 is 2.00 bits per heavy atom. The predicted octanol–water partition coefficient (Wildman–Crippen LogP) is 3.61. The highest BCUT2D eigenvalue weighted by Gasteiger charge is 2.13. The van der Waals surface area contributed by atoms with Crippen LogP contribution in [0.25, 0.3) is 5.57 Å². The van der Waals surface area contributed by atoms with Crippen molar-refractivity contribution in [2.24, 2.45) is 0 Å². The Morgan fingerprint density at radius 2 is 1.67 bits per heavy atom. The first-order chi connectivity index (χ1) is 7.06. The van der Waals surface area contributed by atoms with Gasteiger partial charge in [0.25, 0.3) is 5.24 Å². The van der Waals surface area contributed by atoms with Gasteiger partial charge in [-0.15, -0.1) is 0 Å². The van der Waals surface area contributed by atoms with Gasteiger partial charge in [-0.25, -0.2) is 0 Å². The minimum Gasteiger partial charge on any atom is -0.497 e. The van der Waals surface area contributed by atoms with Gasteiger partial charge in [-0.05, 0) is 29.3 Å². The van der Waals surface area contributed by atoms with E-state index in [2.05, 4.69) is 0 Å². The molecule has 0 saturated carbocycles. The van der Waals surface area contributed by atoms with Crippen LogP contribution in [0, 0.1) is 0 Å². The fourth-order valence-corrected chi connectivity index (χ4v) is 1.74. The van der Waals surface area contributed by atoms with Crippen molar-refractivity contribution in [2.75, 3.05) is 7.11 Å². The van der Waals surface area contributed by atoms with Gasteiger partial charge in [0.05, 0.1) is 12.7 Å². The fourth-order valence-electron chi connectivity index (χ4n) is 1.05. The first-order valence-electron chi connectivity index (χ1n) is 3.95. The van der Waals surface area contributed by atoms with E-state index in [4.69, 9.17) is 39.5 Å². The average molecular weight is 266 g/mol. The molecule has 0 aliphatic carbocycles. The average Bonchev–Trinajstić information content (AvgIpc) is 2.18. The van der Waals surface area contributed by atoms with Crippen LogP contribution < -0.4 is 4.74 Å². The molecule has 5 heteroatoms. The molecule has 0 amide bonds. The zero-order valence-corrected chi connectivity index (χ0v) is 10.0. The molecule has 0 aliphatic heterocycles. The van der Waals surface area contributed by atoms with Crippen molar-refractivity contribution >= 4 is 45.6 Å². The molecule has 1 aromatic rings. The molecule has 2 nitrogen and oxygen atoms in total. The highest BCUT2D eigenvalue weighted by atomic mass is 35.5. The number of carbonyl (C=O) groups is 1. The fraction of sp³-hybridized carbons (Fsp3) is 0.100. The standard InChI is InChI=1S/C10H7Cl3O2/c1-15-7-4-2-6(3-5-7)8(9(11)12)10(13)14/h2-5H,1H3. The van der Waals surface area contributed by atoms with Crippen LogP contribution in [0.5, 0.6) is 5.75 Å². The van der Waals surface area contributed by atoms with E-state index in [0.717, 1.165) is 0 Å². The summed E-state index contributed by atoms with van der Waals surface area (Å²) in [5.74, 6) is 0.672. The molecule has 0 spiro atoms. The van der Waals surface area contributed by atoms with Gasteiger partial charge in [0.2, 0.25) is 0 Å². The molecule has 80 valence electrons. The smallest absolute Gasteiger partial charge is 0.255 e. The van der Waals surface area contributed by atoms with Gasteiger partial charge in [-0.1, -0.05) is 35.3 Å². The molecule has 15 heavy (non-hydrogen) atoms. The zero-order chi connectivity index (χ0) is 11.4. The Balaban J connectivity index is 3.15. The predicted molar refractivity (Wildman–Crippen MR) is 62.5 cm³/mol. The molecule has 0 unspecified atom stereocenters. The lowest BCUT2D eigenvalue weighted by Gasteiger charge is -2.04. The van der Waals surface area contributed by atoms with Crippen LogP contribution >= 0.6 is 34.8 Å². The molecule has 0 bridgehead atoms. The first-order valence-corrected chi connectivity index (χ1v) is 5.09. The van der Waals surface area contributed by atoms with E-state index in [1.54, 1.807) is 31.4 Å². The molecule has 0 saturated heterocycles. The molecule has 1 aromatic carbocycles. The summed E-state index contributed by atoms with van der Waals surface area (Å²) in [7, 11) is 1.55. The topological polar surface area (TPSA) is 26.3 Å². The molecular weight excluding hydrogens is 258 g/mol. The van der Waals surface area contributed by atoms with Crippen LogP contribution in [0.2, 0.25) is 0 Å². The molecular formula is C10H7Cl3O2. The maximum atomic E-state index is 11.0. The first kappa shape index (κ1) is 12.4. The normalized spacial score (nSPS) is 9.60. The summed E-state index contributed by atoms with van der Waals surface area (Å²) in [5.41, 5.74) is 0.637. The lowest BCUT2D eigenvalue weighted by molar-refractivity contribution is -0.106. The second-order valence-corrected chi connectivity index (χ2v) is 3.93. The number of methoxy groups -OCH3 is 1. The minimum absolute atomic E-state index is 0.0858. The monoisotopic (exact) mass is 264 g/mol. The lowest BCUT2D eigenvalue weighted by Crippen LogP contribution is -1.94. The van der Waals surface area contributed by atoms with Gasteiger partial charge in [0.1, 0.15) is 10.2 Å². The van der Waals surface area contributed by atoms with Crippen molar-refractivity contribution in [1.29, 1.82) is 0 Å². The Kier molecular flexibility index (Phi) is 4.45. The SMILES string of the molecule is COc1ccc(C(C(=O)Cl)=C(Cl)Cl)cc1. The summed E-state index contributed by atoms with van der Waals surface area (Å²) in [6.07, 6.45) is 0. The van der Waals surface area contributed by atoms with Crippen LogP contribution in [-0.4, -0.2) is 12.4 Å². The number of allylic oxidation sites excluding steroid dienone is 1. The van der Waals surface area contributed by atoms with Gasteiger partial charge in [-0.3, -0.25) is 4.79 Å². The van der Waals surface area contributed by atoms with Crippen LogP contribution in [0.4, 0.5) is 0 Å². The summed E-state index contributed by atoms with van der Waals surface area (Å²) in [6.45, 7) is 0. The number of benzene rings is 1. The lowest BCUT2D eigenvalue weighted by atomic mass is 10.1. The maximum absolute atomic E-state index is 11.0. The van der Waals surface area contributed by atoms with E-state index in [9.17, 15) is 4.79 Å². The number of ether oxygens (including phenoxy) is 1. The number of hydrogen-bond acceptors (Lipinski definition) is 2. The van der Waals surface area contributed by atoms with E-state index in [1.807, 2.05) is 0 Å². The van der Waals surface area contributed by atoms with Crippen molar-refractivity contribution < 1.29 is 9.53 Å². The van der Waals surface area contributed by atoms with Gasteiger partial charge < -0.3 is 4.74 Å². The molecule has 0 radical (unpaired) electrons. The van der Waals surface area contributed by atoms with Gasteiger partial charge in [0.15, 0.2) is 0 Å². The van der Waals surface area contributed by atoms with Gasteiger partial charge >= 0.3 is 0 Å². The Bertz CT molecular complexity index is 392. The maximum Gasteiger partial charge on any atom is 0.255 e. The third-order valence-corrected chi connectivity index (χ3v) is 2.33. The minimum atomic E-state index is -0.694. The van der Waals surface area contributed by atoms with Gasteiger partial charge in [0, 0.05) is 0 Å². The summed E-state index contributed by atoms with van der Waals surface area (Å²) in [6, 6.07) is 6.68. The Labute approximate surface area is 102 Å². The summed E-state index contributed by atoms with van der Waals surface area (Å²) < 4.78 is 4.82.